The number of carbonyl (C=O) groups is 1. The summed E-state index contributed by atoms with van der Waals surface area (Å²) in [4.78, 5) is 11.7. The lowest BCUT2D eigenvalue weighted by Gasteiger charge is -2.22. The van der Waals surface area contributed by atoms with Crippen molar-refractivity contribution in [2.75, 3.05) is 6.61 Å². The van der Waals surface area contributed by atoms with Crippen LogP contribution in [-0.4, -0.2) is 35.3 Å². The van der Waals surface area contributed by atoms with E-state index >= 15 is 0 Å². The molecule has 0 aromatic heterocycles. The second-order valence-corrected chi connectivity index (χ2v) is 5.84. The Morgan fingerprint density at radius 3 is 2.38 bits per heavy atom. The summed E-state index contributed by atoms with van der Waals surface area (Å²) in [7, 11) is 0. The first kappa shape index (κ1) is 17.0. The van der Waals surface area contributed by atoms with Crippen LogP contribution in [0.3, 0.4) is 0 Å². The van der Waals surface area contributed by atoms with Crippen molar-refractivity contribution >= 4 is 11.9 Å². The van der Waals surface area contributed by atoms with Gasteiger partial charge in [0.25, 0.3) is 0 Å². The van der Waals surface area contributed by atoms with E-state index in [1.54, 1.807) is 32.9 Å². The summed E-state index contributed by atoms with van der Waals surface area (Å²) in [5, 5.41) is 19.3. The maximum absolute atomic E-state index is 11.7. The Morgan fingerprint density at radius 2 is 1.95 bits per heavy atom. The van der Waals surface area contributed by atoms with Gasteiger partial charge in [-0.3, -0.25) is 5.41 Å². The third kappa shape index (κ3) is 6.27. The third-order valence-corrected chi connectivity index (χ3v) is 2.69. The number of hydrogen-bond acceptors (Lipinski definition) is 4. The van der Waals surface area contributed by atoms with Crippen molar-refractivity contribution in [2.45, 2.75) is 38.8 Å². The van der Waals surface area contributed by atoms with Crippen LogP contribution in [0.2, 0.25) is 0 Å². The number of carbonyl (C=O) groups excluding carboxylic acids is 1. The molecule has 0 saturated heterocycles. The number of nitrogens with two attached hydrogens (primary N) is 1. The van der Waals surface area contributed by atoms with E-state index in [2.05, 4.69) is 5.32 Å². The largest absolute Gasteiger partial charge is 0.444 e. The van der Waals surface area contributed by atoms with Gasteiger partial charge < -0.3 is 20.9 Å². The summed E-state index contributed by atoms with van der Waals surface area (Å²) in [6.45, 7) is 5.15. The molecule has 0 radical (unpaired) electrons. The number of aliphatic hydroxyl groups is 1. The van der Waals surface area contributed by atoms with Crippen molar-refractivity contribution in [3.05, 3.63) is 35.4 Å². The average molecular weight is 293 g/mol. The first-order valence-corrected chi connectivity index (χ1v) is 6.75. The fraction of sp³-hybridized carbons (Fsp3) is 0.467. The molecule has 21 heavy (non-hydrogen) atoms. The van der Waals surface area contributed by atoms with Crippen LogP contribution in [0.5, 0.6) is 0 Å². The van der Waals surface area contributed by atoms with Crippen molar-refractivity contribution in [3.63, 3.8) is 0 Å². The lowest BCUT2D eigenvalue weighted by Crippen LogP contribution is -2.42. The maximum Gasteiger partial charge on any atom is 0.407 e. The highest BCUT2D eigenvalue weighted by atomic mass is 16.6. The second-order valence-electron chi connectivity index (χ2n) is 5.84. The maximum atomic E-state index is 11.7. The van der Waals surface area contributed by atoms with E-state index in [9.17, 15) is 9.90 Å². The van der Waals surface area contributed by atoms with Gasteiger partial charge in [-0.2, -0.15) is 0 Å². The van der Waals surface area contributed by atoms with Crippen LogP contribution in [0, 0.1) is 5.41 Å². The summed E-state index contributed by atoms with van der Waals surface area (Å²) in [6.07, 6.45) is -0.0876. The van der Waals surface area contributed by atoms with Crippen LogP contribution in [0.4, 0.5) is 4.79 Å². The molecule has 1 aromatic carbocycles. The molecular weight excluding hydrogens is 270 g/mol. The predicted molar refractivity (Wildman–Crippen MR) is 81.4 cm³/mol. The topological polar surface area (TPSA) is 108 Å². The quantitative estimate of drug-likeness (QED) is 0.486. The van der Waals surface area contributed by atoms with Gasteiger partial charge >= 0.3 is 6.09 Å². The number of alkyl carbamates (subject to hydrolysis) is 1. The normalized spacial score (nSPS) is 12.6. The molecule has 1 aromatic rings. The fourth-order valence-corrected chi connectivity index (χ4v) is 1.74. The zero-order valence-corrected chi connectivity index (χ0v) is 12.6. The van der Waals surface area contributed by atoms with E-state index in [0.29, 0.717) is 12.0 Å². The standard InChI is InChI=1S/C15H23N3O3/c1-15(2,3)21-14(20)18-12(9-19)8-10-4-6-11(7-5-10)13(16)17/h4-7,12,19H,8-9H2,1-3H3,(H3,16,17)(H,18,20)/t12-/m0/s1. The molecule has 0 aliphatic heterocycles. The number of amidine groups is 1. The molecule has 6 nitrogen and oxygen atoms in total. The zero-order chi connectivity index (χ0) is 16.0. The van der Waals surface area contributed by atoms with Gasteiger partial charge in [0.15, 0.2) is 0 Å². The summed E-state index contributed by atoms with van der Waals surface area (Å²) < 4.78 is 5.15. The van der Waals surface area contributed by atoms with E-state index in [1.165, 1.54) is 0 Å². The van der Waals surface area contributed by atoms with Crippen LogP contribution >= 0.6 is 0 Å². The Balaban J connectivity index is 2.61. The van der Waals surface area contributed by atoms with Gasteiger partial charge in [-0.1, -0.05) is 24.3 Å². The number of amides is 1. The number of nitrogens with one attached hydrogen (secondary N) is 2. The van der Waals surface area contributed by atoms with Gasteiger partial charge in [-0.25, -0.2) is 4.79 Å². The Bertz CT molecular complexity index is 492. The molecule has 0 aliphatic carbocycles. The van der Waals surface area contributed by atoms with Crippen LogP contribution in [0.15, 0.2) is 24.3 Å². The lowest BCUT2D eigenvalue weighted by molar-refractivity contribution is 0.0483. The number of rotatable bonds is 5. The molecule has 116 valence electrons. The molecule has 0 aliphatic rings. The number of ether oxygens (including phenoxy) is 1. The van der Waals surface area contributed by atoms with Crippen molar-refractivity contribution in [3.8, 4) is 0 Å². The Hall–Kier alpha value is -2.08. The smallest absolute Gasteiger partial charge is 0.407 e. The molecule has 5 N–H and O–H groups in total. The lowest BCUT2D eigenvalue weighted by atomic mass is 10.0. The first-order chi connectivity index (χ1) is 9.71. The van der Waals surface area contributed by atoms with Gasteiger partial charge in [0.1, 0.15) is 11.4 Å². The molecule has 1 amide bonds. The van der Waals surface area contributed by atoms with Crippen molar-refractivity contribution in [1.29, 1.82) is 5.41 Å². The van der Waals surface area contributed by atoms with E-state index < -0.39 is 17.7 Å². The number of aliphatic hydroxyl groups excluding tert-OH is 1. The van der Waals surface area contributed by atoms with Crippen LogP contribution in [0.25, 0.3) is 0 Å². The van der Waals surface area contributed by atoms with Crippen LogP contribution in [-0.2, 0) is 11.2 Å². The number of benzene rings is 1. The molecule has 0 unspecified atom stereocenters. The van der Waals surface area contributed by atoms with Gasteiger partial charge in [0, 0.05) is 5.56 Å². The minimum atomic E-state index is -0.576. The molecule has 1 rings (SSSR count). The van der Waals surface area contributed by atoms with E-state index in [-0.39, 0.29) is 12.4 Å². The Morgan fingerprint density at radius 1 is 1.38 bits per heavy atom. The molecule has 0 bridgehead atoms. The molecule has 6 heteroatoms. The highest BCUT2D eigenvalue weighted by Gasteiger charge is 2.19. The summed E-state index contributed by atoms with van der Waals surface area (Å²) in [5.41, 5.74) is 6.37. The second kappa shape index (κ2) is 7.08. The van der Waals surface area contributed by atoms with Crippen molar-refractivity contribution in [1.82, 2.24) is 5.32 Å². The van der Waals surface area contributed by atoms with Crippen LogP contribution in [0.1, 0.15) is 31.9 Å². The molecule has 0 heterocycles. The van der Waals surface area contributed by atoms with Crippen molar-refractivity contribution < 1.29 is 14.6 Å². The summed E-state index contributed by atoms with van der Waals surface area (Å²) in [6, 6.07) is 6.67. The van der Waals surface area contributed by atoms with Gasteiger partial charge in [-0.05, 0) is 32.8 Å². The average Bonchev–Trinajstić information content (AvgIpc) is 2.36. The SMILES string of the molecule is CC(C)(C)OC(=O)N[C@H](CO)Cc1ccc(C(=N)N)cc1. The molecule has 1 atom stereocenters. The summed E-state index contributed by atoms with van der Waals surface area (Å²) in [5.74, 6) is 0.00661. The first-order valence-electron chi connectivity index (χ1n) is 6.75. The number of nitrogen functional groups attached to an aromatic ring is 1. The van der Waals surface area contributed by atoms with Crippen LogP contribution < -0.4 is 11.1 Å². The minimum Gasteiger partial charge on any atom is -0.444 e. The fourth-order valence-electron chi connectivity index (χ4n) is 1.74. The molecule has 0 fully saturated rings. The molecule has 0 saturated carbocycles. The Labute approximate surface area is 124 Å². The van der Waals surface area contributed by atoms with E-state index in [4.69, 9.17) is 15.9 Å². The Kier molecular flexibility index (Phi) is 5.72. The van der Waals surface area contributed by atoms with E-state index in [0.717, 1.165) is 5.56 Å². The third-order valence-electron chi connectivity index (χ3n) is 2.69. The molecule has 0 spiro atoms. The van der Waals surface area contributed by atoms with E-state index in [1.807, 2.05) is 12.1 Å². The van der Waals surface area contributed by atoms with Gasteiger partial charge in [0.2, 0.25) is 0 Å². The molecular formula is C15H23N3O3. The number of hydrogen-bond donors (Lipinski definition) is 4. The summed E-state index contributed by atoms with van der Waals surface area (Å²) >= 11 is 0. The zero-order valence-electron chi connectivity index (χ0n) is 12.6. The van der Waals surface area contributed by atoms with Crippen molar-refractivity contribution in [2.24, 2.45) is 5.73 Å². The minimum absolute atomic E-state index is 0.00661. The predicted octanol–water partition coefficient (Wildman–Crippen LogP) is 1.40. The van der Waals surface area contributed by atoms with Gasteiger partial charge in [-0.15, -0.1) is 0 Å². The van der Waals surface area contributed by atoms with Gasteiger partial charge in [0.05, 0.1) is 12.6 Å². The highest BCUT2D eigenvalue weighted by Crippen LogP contribution is 2.09. The highest BCUT2D eigenvalue weighted by molar-refractivity contribution is 5.94. The monoisotopic (exact) mass is 293 g/mol.